The summed E-state index contributed by atoms with van der Waals surface area (Å²) in [6.07, 6.45) is 10.6. The number of nitrogens with one attached hydrogen (secondary N) is 1. The van der Waals surface area contributed by atoms with Gasteiger partial charge >= 0.3 is 0 Å². The van der Waals surface area contributed by atoms with Gasteiger partial charge in [0, 0.05) is 56.7 Å². The number of fused-ring (bicyclic) bond motifs is 2. The van der Waals surface area contributed by atoms with E-state index in [0.717, 1.165) is 30.5 Å². The average Bonchev–Trinajstić information content (AvgIpc) is 3.39. The molecule has 1 aliphatic heterocycles. The van der Waals surface area contributed by atoms with E-state index in [-0.39, 0.29) is 18.0 Å². The number of primary amides is 1. The number of carbonyl (C=O) groups is 2. The molecule has 11 nitrogen and oxygen atoms in total. The van der Waals surface area contributed by atoms with Gasteiger partial charge in [-0.3, -0.25) is 9.59 Å². The van der Waals surface area contributed by atoms with Gasteiger partial charge in [0.25, 0.3) is 5.91 Å². The van der Waals surface area contributed by atoms with Gasteiger partial charge in [0.05, 0.1) is 18.0 Å². The number of pyridine rings is 1. The monoisotopic (exact) mass is 490 g/mol. The van der Waals surface area contributed by atoms with Crippen molar-refractivity contribution < 1.29 is 14.3 Å². The second-order valence-corrected chi connectivity index (χ2v) is 9.00. The number of hydrogen-bond acceptors (Lipinski definition) is 7. The Hall–Kier alpha value is -3.99. The van der Waals surface area contributed by atoms with E-state index in [1.165, 1.54) is 30.0 Å². The minimum atomic E-state index is -0.596. The number of rotatable bonds is 6. The average molecular weight is 491 g/mol. The highest BCUT2D eigenvalue weighted by Crippen LogP contribution is 2.31. The number of anilines is 1. The molecular formula is C25H30N8O3. The molecule has 0 radical (unpaired) electrons. The largest absolute Gasteiger partial charge is 0.381 e. The van der Waals surface area contributed by atoms with Gasteiger partial charge in [-0.25, -0.2) is 9.97 Å². The standard InChI is InChI=1S/C20H20N8O2.C5H10O/c1-22-16-8-15(25-20-13(18(21)30)9-24-28(16)20)14-10-27(11-17(29)26-6-3-7-26)19-12(14)4-2-5-23-19;1-6-5-3-2-4-5/h2,4-5,8-10,22H,3,6-7,11H2,1H3,(H2,21,30);5H,2-4H2,1H3. The summed E-state index contributed by atoms with van der Waals surface area (Å²) in [7, 11) is 3.55. The normalized spacial score (nSPS) is 15.2. The van der Waals surface area contributed by atoms with Crippen molar-refractivity contribution in [2.24, 2.45) is 5.73 Å². The summed E-state index contributed by atoms with van der Waals surface area (Å²) in [5, 5.41) is 8.15. The predicted octanol–water partition coefficient (Wildman–Crippen LogP) is 2.30. The topological polar surface area (TPSA) is 133 Å². The van der Waals surface area contributed by atoms with Crippen LogP contribution in [0.4, 0.5) is 5.82 Å². The van der Waals surface area contributed by atoms with Crippen molar-refractivity contribution in [1.29, 1.82) is 0 Å². The maximum absolute atomic E-state index is 12.5. The Morgan fingerprint density at radius 2 is 2.03 bits per heavy atom. The van der Waals surface area contributed by atoms with E-state index in [1.54, 1.807) is 20.4 Å². The summed E-state index contributed by atoms with van der Waals surface area (Å²) >= 11 is 0. The second-order valence-electron chi connectivity index (χ2n) is 9.00. The molecule has 0 spiro atoms. The Kier molecular flexibility index (Phi) is 6.55. The smallest absolute Gasteiger partial charge is 0.254 e. The second kappa shape index (κ2) is 9.94. The lowest BCUT2D eigenvalue weighted by molar-refractivity contribution is -0.135. The van der Waals surface area contributed by atoms with Crippen LogP contribution in [0.5, 0.6) is 0 Å². The van der Waals surface area contributed by atoms with Crippen LogP contribution in [0.2, 0.25) is 0 Å². The van der Waals surface area contributed by atoms with Crippen molar-refractivity contribution in [3.63, 3.8) is 0 Å². The zero-order valence-corrected chi connectivity index (χ0v) is 20.5. The van der Waals surface area contributed by atoms with Crippen molar-refractivity contribution in [1.82, 2.24) is 29.0 Å². The first-order valence-electron chi connectivity index (χ1n) is 12.1. The molecule has 0 aromatic carbocycles. The zero-order valence-electron chi connectivity index (χ0n) is 20.5. The van der Waals surface area contributed by atoms with Gasteiger partial charge in [0.15, 0.2) is 5.65 Å². The van der Waals surface area contributed by atoms with Crippen molar-refractivity contribution in [2.75, 3.05) is 32.6 Å². The number of carbonyl (C=O) groups excluding carboxylic acids is 2. The first-order valence-corrected chi connectivity index (χ1v) is 12.1. The van der Waals surface area contributed by atoms with Gasteiger partial charge < -0.3 is 25.3 Å². The molecule has 36 heavy (non-hydrogen) atoms. The fourth-order valence-corrected chi connectivity index (χ4v) is 4.32. The molecule has 0 unspecified atom stereocenters. The fraction of sp³-hybridized carbons (Fsp3) is 0.400. The number of hydrogen-bond donors (Lipinski definition) is 2. The molecule has 6 rings (SSSR count). The lowest BCUT2D eigenvalue weighted by atomic mass is 9.96. The molecule has 1 saturated carbocycles. The molecule has 11 heteroatoms. The van der Waals surface area contributed by atoms with Crippen LogP contribution in [-0.4, -0.2) is 74.2 Å². The number of aromatic nitrogens is 5. The highest BCUT2D eigenvalue weighted by molar-refractivity contribution is 6.00. The quantitative estimate of drug-likeness (QED) is 0.424. The molecule has 2 amide bonds. The van der Waals surface area contributed by atoms with Crippen LogP contribution in [0.15, 0.2) is 36.8 Å². The molecule has 0 atom stereocenters. The van der Waals surface area contributed by atoms with Crippen molar-refractivity contribution in [3.05, 3.63) is 42.4 Å². The number of nitrogens with two attached hydrogens (primary N) is 1. The van der Waals surface area contributed by atoms with E-state index in [4.69, 9.17) is 10.5 Å². The van der Waals surface area contributed by atoms with Gasteiger partial charge in [-0.2, -0.15) is 9.61 Å². The molecule has 0 bridgehead atoms. The molecule has 3 N–H and O–H groups in total. The Bertz CT molecular complexity index is 1410. The van der Waals surface area contributed by atoms with E-state index in [2.05, 4.69) is 20.4 Å². The molecule has 4 aromatic heterocycles. The maximum atomic E-state index is 12.5. The van der Waals surface area contributed by atoms with E-state index in [1.807, 2.05) is 33.9 Å². The van der Waals surface area contributed by atoms with Crippen molar-refractivity contribution in [3.8, 4) is 11.3 Å². The van der Waals surface area contributed by atoms with Crippen LogP contribution in [0, 0.1) is 0 Å². The maximum Gasteiger partial charge on any atom is 0.254 e. The van der Waals surface area contributed by atoms with Crippen molar-refractivity contribution in [2.45, 2.75) is 38.3 Å². The number of amides is 2. The minimum Gasteiger partial charge on any atom is -0.381 e. The van der Waals surface area contributed by atoms with Crippen LogP contribution < -0.4 is 11.1 Å². The van der Waals surface area contributed by atoms with E-state index in [9.17, 15) is 9.59 Å². The molecule has 188 valence electrons. The van der Waals surface area contributed by atoms with Crippen molar-refractivity contribution >= 4 is 34.3 Å². The highest BCUT2D eigenvalue weighted by atomic mass is 16.5. The summed E-state index contributed by atoms with van der Waals surface area (Å²) in [6.45, 7) is 1.83. The Morgan fingerprint density at radius 3 is 2.61 bits per heavy atom. The van der Waals surface area contributed by atoms with Gasteiger partial charge in [0.2, 0.25) is 5.91 Å². The number of likely N-dealkylation sites (tertiary alicyclic amines) is 1. The van der Waals surface area contributed by atoms with Crippen LogP contribution >= 0.6 is 0 Å². The third-order valence-electron chi connectivity index (χ3n) is 6.80. The summed E-state index contributed by atoms with van der Waals surface area (Å²) in [5.74, 6) is 0.131. The number of methoxy groups -OCH3 is 1. The Labute approximate surface area is 208 Å². The van der Waals surface area contributed by atoms with Gasteiger partial charge in [-0.15, -0.1) is 0 Å². The van der Waals surface area contributed by atoms with E-state index < -0.39 is 5.91 Å². The third kappa shape index (κ3) is 4.37. The molecular weight excluding hydrogens is 460 g/mol. The van der Waals surface area contributed by atoms with Crippen LogP contribution in [0.1, 0.15) is 36.0 Å². The lowest BCUT2D eigenvalue weighted by Gasteiger charge is -2.31. The summed E-state index contributed by atoms with van der Waals surface area (Å²) in [6, 6.07) is 5.63. The van der Waals surface area contributed by atoms with Crippen LogP contribution in [-0.2, 0) is 16.1 Å². The van der Waals surface area contributed by atoms with Gasteiger partial charge in [-0.1, -0.05) is 0 Å². The zero-order chi connectivity index (χ0) is 25.2. The molecule has 4 aromatic rings. The molecule has 2 aliphatic rings. The van der Waals surface area contributed by atoms with E-state index in [0.29, 0.717) is 28.9 Å². The van der Waals surface area contributed by atoms with Crippen LogP contribution in [0.3, 0.4) is 0 Å². The third-order valence-corrected chi connectivity index (χ3v) is 6.80. The highest BCUT2D eigenvalue weighted by Gasteiger charge is 2.23. The Balaban J connectivity index is 0.000000391. The lowest BCUT2D eigenvalue weighted by Crippen LogP contribution is -2.43. The predicted molar refractivity (Wildman–Crippen MR) is 136 cm³/mol. The fourth-order valence-electron chi connectivity index (χ4n) is 4.32. The first-order chi connectivity index (χ1) is 17.5. The first kappa shape index (κ1) is 23.7. The molecule has 1 aliphatic carbocycles. The van der Waals surface area contributed by atoms with E-state index >= 15 is 0 Å². The van der Waals surface area contributed by atoms with Gasteiger partial charge in [0.1, 0.15) is 23.6 Å². The van der Waals surface area contributed by atoms with Gasteiger partial charge in [-0.05, 0) is 37.8 Å². The number of nitrogens with zero attached hydrogens (tertiary/aromatic N) is 6. The Morgan fingerprint density at radius 1 is 1.22 bits per heavy atom. The minimum absolute atomic E-state index is 0.0708. The summed E-state index contributed by atoms with van der Waals surface area (Å²) in [5.41, 5.74) is 8.24. The molecule has 2 fully saturated rings. The molecule has 1 saturated heterocycles. The van der Waals surface area contributed by atoms with Crippen LogP contribution in [0.25, 0.3) is 27.9 Å². The SMILES string of the molecule is CNc1cc(-c2cn(CC(=O)N3CCC3)c3ncccc23)nc2c(C(N)=O)cnn12.COC1CCC1. The molecule has 5 heterocycles. The number of ether oxygens (including phenoxy) is 1. The summed E-state index contributed by atoms with van der Waals surface area (Å²) < 4.78 is 8.37. The summed E-state index contributed by atoms with van der Waals surface area (Å²) in [4.78, 5) is 35.3.